The lowest BCUT2D eigenvalue weighted by Gasteiger charge is -2.53. The number of hydrogen-bond donors (Lipinski definition) is 3. The molecule has 11 atom stereocenters. The third-order valence-electron chi connectivity index (χ3n) is 8.53. The van der Waals surface area contributed by atoms with Crippen molar-refractivity contribution in [2.75, 3.05) is 0 Å². The molecule has 9 nitrogen and oxygen atoms in total. The van der Waals surface area contributed by atoms with Gasteiger partial charge in [-0.1, -0.05) is 12.5 Å². The van der Waals surface area contributed by atoms with E-state index in [1.807, 2.05) is 6.92 Å². The van der Waals surface area contributed by atoms with Crippen LogP contribution in [0.3, 0.4) is 0 Å². The number of aliphatic hydroxyl groups is 3. The normalized spacial score (nSPS) is 59.0. The zero-order chi connectivity index (χ0) is 22.7. The first kappa shape index (κ1) is 21.3. The average molecular weight is 438 g/mol. The fourth-order valence-electron chi connectivity index (χ4n) is 6.69. The molecule has 3 saturated heterocycles. The van der Waals surface area contributed by atoms with Crippen molar-refractivity contribution < 1.29 is 43.9 Å². The van der Waals surface area contributed by atoms with Crippen molar-refractivity contribution in [3.8, 4) is 0 Å². The van der Waals surface area contributed by atoms with Gasteiger partial charge in [0.1, 0.15) is 6.10 Å². The third kappa shape index (κ3) is 2.44. The molecule has 5 rings (SSSR count). The van der Waals surface area contributed by atoms with Crippen LogP contribution in [-0.2, 0) is 28.5 Å². The highest BCUT2D eigenvalue weighted by Crippen LogP contribution is 2.69. The molecule has 3 aliphatic heterocycles. The van der Waals surface area contributed by atoms with E-state index in [4.69, 9.17) is 18.9 Å². The van der Waals surface area contributed by atoms with Gasteiger partial charge in [0.15, 0.2) is 17.3 Å². The molecular weight excluding hydrogens is 408 g/mol. The molecule has 0 radical (unpaired) electrons. The SMILES string of the molecule is CC(=O)O[C@H]1[C@H]2[C@]3(C)O[C@@H]3C[C@H](O)[C@]2(C)[C@@H](O)[C@H](O)C/C(C)=C\[C@@H]2OC(=O)[C@]3(C)O[C@@]213. The number of ether oxygens (including phenoxy) is 4. The van der Waals surface area contributed by atoms with E-state index in [1.54, 1.807) is 26.8 Å². The van der Waals surface area contributed by atoms with E-state index in [2.05, 4.69) is 0 Å². The molecule has 0 aromatic rings. The van der Waals surface area contributed by atoms with E-state index >= 15 is 0 Å². The minimum absolute atomic E-state index is 0.121. The summed E-state index contributed by atoms with van der Waals surface area (Å²) < 4.78 is 23.5. The van der Waals surface area contributed by atoms with Crippen LogP contribution in [0.2, 0.25) is 0 Å². The highest BCUT2D eigenvalue weighted by molar-refractivity contribution is 5.89. The van der Waals surface area contributed by atoms with Gasteiger partial charge in [-0.3, -0.25) is 4.79 Å². The Hall–Kier alpha value is -1.52. The number of carbonyl (C=O) groups is 2. The molecule has 31 heavy (non-hydrogen) atoms. The summed E-state index contributed by atoms with van der Waals surface area (Å²) in [5.74, 6) is -1.92. The Kier molecular flexibility index (Phi) is 4.18. The number of fused-ring (bicyclic) bond motifs is 3. The monoisotopic (exact) mass is 438 g/mol. The van der Waals surface area contributed by atoms with Crippen molar-refractivity contribution in [3.05, 3.63) is 11.6 Å². The molecular formula is C22H30O9. The third-order valence-corrected chi connectivity index (χ3v) is 8.53. The maximum atomic E-state index is 12.7. The Morgan fingerprint density at radius 2 is 1.90 bits per heavy atom. The predicted octanol–water partition coefficient (Wildman–Crippen LogP) is -0.0124. The standard InChI is InChI=1S/C22H30O9/c1-9-6-11(24)16(26)19(3)12(25)8-13-20(4,30-13)15(19)17(28-10(2)23)22-14(7-9)29-18(27)21(22,5)31-22/h7,11-17,24-26H,6,8H2,1-5H3/b9-7-/t11-,12+,13-,14+,15-,16+,17+,19+,20-,21+,22+/m1/s1. The molecule has 3 heterocycles. The van der Waals surface area contributed by atoms with Crippen LogP contribution in [0.4, 0.5) is 0 Å². The summed E-state index contributed by atoms with van der Waals surface area (Å²) in [4.78, 5) is 25.0. The molecule has 0 aromatic carbocycles. The Bertz CT molecular complexity index is 886. The molecule has 1 spiro atoms. The van der Waals surface area contributed by atoms with Gasteiger partial charge in [0.05, 0.1) is 30.0 Å². The summed E-state index contributed by atoms with van der Waals surface area (Å²) in [6.07, 6.45) is -3.69. The van der Waals surface area contributed by atoms with Crippen LogP contribution in [0.5, 0.6) is 0 Å². The van der Waals surface area contributed by atoms with Gasteiger partial charge in [-0.05, 0) is 33.3 Å². The van der Waals surface area contributed by atoms with Crippen LogP contribution in [0.25, 0.3) is 0 Å². The van der Waals surface area contributed by atoms with Crippen LogP contribution < -0.4 is 0 Å². The van der Waals surface area contributed by atoms with Crippen LogP contribution in [0.1, 0.15) is 47.5 Å². The van der Waals surface area contributed by atoms with Gasteiger partial charge in [-0.25, -0.2) is 4.79 Å². The second-order valence-electron chi connectivity index (χ2n) is 10.4. The first-order valence-corrected chi connectivity index (χ1v) is 10.8. The zero-order valence-electron chi connectivity index (χ0n) is 18.3. The molecule has 3 N–H and O–H groups in total. The molecule has 9 heteroatoms. The average Bonchev–Trinajstić information content (AvgIpc) is 3.49. The van der Waals surface area contributed by atoms with Crippen LogP contribution in [-0.4, -0.2) is 80.7 Å². The van der Waals surface area contributed by atoms with Gasteiger partial charge in [0.25, 0.3) is 0 Å². The van der Waals surface area contributed by atoms with Crippen molar-refractivity contribution in [1.82, 2.24) is 0 Å². The first-order valence-electron chi connectivity index (χ1n) is 10.8. The summed E-state index contributed by atoms with van der Waals surface area (Å²) >= 11 is 0. The van der Waals surface area contributed by atoms with E-state index in [9.17, 15) is 24.9 Å². The van der Waals surface area contributed by atoms with Crippen molar-refractivity contribution in [2.45, 2.75) is 101 Å². The summed E-state index contributed by atoms with van der Waals surface area (Å²) in [7, 11) is 0. The summed E-state index contributed by atoms with van der Waals surface area (Å²) in [5.41, 5.74) is -4.12. The van der Waals surface area contributed by atoms with Crippen LogP contribution in [0, 0.1) is 11.3 Å². The molecule has 1 saturated carbocycles. The van der Waals surface area contributed by atoms with E-state index in [0.717, 1.165) is 0 Å². The summed E-state index contributed by atoms with van der Waals surface area (Å²) in [5, 5.41) is 33.4. The van der Waals surface area contributed by atoms with Gasteiger partial charge < -0.3 is 34.3 Å². The lowest BCUT2D eigenvalue weighted by Crippen LogP contribution is -2.67. The minimum atomic E-state index is -1.34. The second kappa shape index (κ2) is 6.08. The van der Waals surface area contributed by atoms with Crippen LogP contribution in [0.15, 0.2) is 11.6 Å². The molecule has 0 aromatic heterocycles. The van der Waals surface area contributed by atoms with E-state index in [-0.39, 0.29) is 18.9 Å². The highest BCUT2D eigenvalue weighted by Gasteiger charge is 2.89. The maximum absolute atomic E-state index is 12.7. The first-order chi connectivity index (χ1) is 14.3. The van der Waals surface area contributed by atoms with Gasteiger partial charge >= 0.3 is 11.9 Å². The van der Waals surface area contributed by atoms with Gasteiger partial charge in [-0.15, -0.1) is 0 Å². The Morgan fingerprint density at radius 1 is 1.23 bits per heavy atom. The number of epoxide rings is 2. The number of carbonyl (C=O) groups excluding carboxylic acids is 2. The molecule has 5 aliphatic rings. The van der Waals surface area contributed by atoms with Crippen molar-refractivity contribution in [2.24, 2.45) is 11.3 Å². The maximum Gasteiger partial charge on any atom is 0.342 e. The largest absolute Gasteiger partial charge is 0.459 e. The fraction of sp³-hybridized carbons (Fsp3) is 0.818. The topological polar surface area (TPSA) is 138 Å². The Morgan fingerprint density at radius 3 is 2.52 bits per heavy atom. The van der Waals surface area contributed by atoms with Gasteiger partial charge in [0, 0.05) is 24.7 Å². The lowest BCUT2D eigenvalue weighted by molar-refractivity contribution is -0.207. The molecule has 172 valence electrons. The number of aliphatic hydroxyl groups excluding tert-OH is 3. The molecule has 0 amide bonds. The number of esters is 2. The van der Waals surface area contributed by atoms with Crippen molar-refractivity contribution in [1.29, 1.82) is 0 Å². The smallest absolute Gasteiger partial charge is 0.342 e. The minimum Gasteiger partial charge on any atom is -0.459 e. The predicted molar refractivity (Wildman–Crippen MR) is 104 cm³/mol. The molecule has 0 unspecified atom stereocenters. The number of hydrogen-bond acceptors (Lipinski definition) is 9. The second-order valence-corrected chi connectivity index (χ2v) is 10.4. The van der Waals surface area contributed by atoms with E-state index in [1.165, 1.54) is 6.92 Å². The zero-order valence-corrected chi connectivity index (χ0v) is 18.3. The Labute approximate surface area is 180 Å². The fourth-order valence-corrected chi connectivity index (χ4v) is 6.69. The quantitative estimate of drug-likeness (QED) is 0.293. The summed E-state index contributed by atoms with van der Waals surface area (Å²) in [6.45, 7) is 8.16. The van der Waals surface area contributed by atoms with Gasteiger partial charge in [-0.2, -0.15) is 0 Å². The molecule has 4 fully saturated rings. The Balaban J connectivity index is 1.75. The van der Waals surface area contributed by atoms with Crippen molar-refractivity contribution in [3.63, 3.8) is 0 Å². The van der Waals surface area contributed by atoms with E-state index in [0.29, 0.717) is 5.57 Å². The van der Waals surface area contributed by atoms with Crippen LogP contribution >= 0.6 is 0 Å². The van der Waals surface area contributed by atoms with E-state index < -0.39 is 70.6 Å². The highest BCUT2D eigenvalue weighted by atomic mass is 16.7. The van der Waals surface area contributed by atoms with Crippen molar-refractivity contribution >= 4 is 11.9 Å². The lowest BCUT2D eigenvalue weighted by atomic mass is 9.53. The summed E-state index contributed by atoms with van der Waals surface area (Å²) in [6, 6.07) is 0. The number of rotatable bonds is 1. The molecule has 2 aliphatic carbocycles. The van der Waals surface area contributed by atoms with Gasteiger partial charge in [0.2, 0.25) is 0 Å². The molecule has 0 bridgehead atoms.